The van der Waals surface area contributed by atoms with Gasteiger partial charge >= 0.3 is 0 Å². The second-order valence-electron chi connectivity index (χ2n) is 10.2. The Balaban J connectivity index is 1.45. The molecular formula is C33H36F4O2. The van der Waals surface area contributed by atoms with Crippen LogP contribution in [-0.2, 0) is 4.74 Å². The van der Waals surface area contributed by atoms with Crippen molar-refractivity contribution >= 4 is 0 Å². The Morgan fingerprint density at radius 3 is 2.10 bits per heavy atom. The van der Waals surface area contributed by atoms with E-state index in [0.717, 1.165) is 44.9 Å². The number of hydrogen-bond donors (Lipinski definition) is 0. The molecule has 2 unspecified atom stereocenters. The number of unbranched alkanes of at least 4 members (excludes halogenated alkanes) is 3. The monoisotopic (exact) mass is 540 g/mol. The van der Waals surface area contributed by atoms with Crippen molar-refractivity contribution < 1.29 is 27.0 Å². The highest BCUT2D eigenvalue weighted by atomic mass is 19.2. The van der Waals surface area contributed by atoms with E-state index in [0.29, 0.717) is 36.7 Å². The van der Waals surface area contributed by atoms with Gasteiger partial charge in [0.25, 0.3) is 0 Å². The van der Waals surface area contributed by atoms with Gasteiger partial charge < -0.3 is 9.47 Å². The van der Waals surface area contributed by atoms with Crippen molar-refractivity contribution in [2.75, 3.05) is 13.2 Å². The molecule has 1 heterocycles. The molecule has 208 valence electrons. The third kappa shape index (κ3) is 6.91. The fourth-order valence-corrected chi connectivity index (χ4v) is 5.07. The number of rotatable bonds is 12. The van der Waals surface area contributed by atoms with E-state index in [4.69, 9.17) is 9.47 Å². The fraction of sp³-hybridized carbons (Fsp3) is 0.394. The number of ether oxygens (including phenoxy) is 2. The van der Waals surface area contributed by atoms with Gasteiger partial charge in [-0.1, -0.05) is 68.7 Å². The SMILES string of the molecule is C=CCCC1CCC(c2ccc(-c3ccc(-c4ccc(OCCCCCC)c(F)c4F)cc3)c(F)c2F)OC1. The van der Waals surface area contributed by atoms with Crippen LogP contribution in [0.25, 0.3) is 22.3 Å². The van der Waals surface area contributed by atoms with Gasteiger partial charge in [0.2, 0.25) is 5.82 Å². The zero-order valence-corrected chi connectivity index (χ0v) is 22.5. The van der Waals surface area contributed by atoms with Crippen molar-refractivity contribution in [3.8, 4) is 28.0 Å². The van der Waals surface area contributed by atoms with Crippen molar-refractivity contribution in [1.82, 2.24) is 0 Å². The molecule has 0 aliphatic carbocycles. The van der Waals surface area contributed by atoms with E-state index < -0.39 is 29.4 Å². The largest absolute Gasteiger partial charge is 0.490 e. The van der Waals surface area contributed by atoms with Gasteiger partial charge in [0, 0.05) is 16.7 Å². The summed E-state index contributed by atoms with van der Waals surface area (Å²) in [7, 11) is 0. The van der Waals surface area contributed by atoms with Crippen LogP contribution >= 0.6 is 0 Å². The molecule has 0 saturated carbocycles. The first-order chi connectivity index (χ1) is 18.9. The molecule has 1 saturated heterocycles. The van der Waals surface area contributed by atoms with E-state index in [1.807, 2.05) is 6.08 Å². The molecule has 2 atom stereocenters. The summed E-state index contributed by atoms with van der Waals surface area (Å²) in [4.78, 5) is 0. The molecule has 0 bridgehead atoms. The highest BCUT2D eigenvalue weighted by molar-refractivity contribution is 5.71. The highest BCUT2D eigenvalue weighted by Crippen LogP contribution is 2.37. The lowest BCUT2D eigenvalue weighted by atomic mass is 9.90. The van der Waals surface area contributed by atoms with Crippen molar-refractivity contribution in [3.63, 3.8) is 0 Å². The van der Waals surface area contributed by atoms with Crippen LogP contribution in [0, 0.1) is 29.2 Å². The summed E-state index contributed by atoms with van der Waals surface area (Å²) < 4.78 is 71.0. The second-order valence-corrected chi connectivity index (χ2v) is 10.2. The summed E-state index contributed by atoms with van der Waals surface area (Å²) in [5.74, 6) is -3.61. The maximum absolute atomic E-state index is 15.1. The lowest BCUT2D eigenvalue weighted by Gasteiger charge is -2.29. The number of allylic oxidation sites excluding steroid dienone is 1. The van der Waals surface area contributed by atoms with Crippen LogP contribution in [0.15, 0.2) is 61.2 Å². The lowest BCUT2D eigenvalue weighted by molar-refractivity contribution is -0.0210. The van der Waals surface area contributed by atoms with Gasteiger partial charge in [0.15, 0.2) is 23.2 Å². The predicted octanol–water partition coefficient (Wildman–Crippen LogP) is 9.97. The molecule has 2 nitrogen and oxygen atoms in total. The van der Waals surface area contributed by atoms with Crippen molar-refractivity contribution in [2.24, 2.45) is 5.92 Å². The Hall–Kier alpha value is -3.12. The van der Waals surface area contributed by atoms with Gasteiger partial charge in [-0.15, -0.1) is 6.58 Å². The van der Waals surface area contributed by atoms with E-state index >= 15 is 8.78 Å². The molecule has 3 aromatic rings. The predicted molar refractivity (Wildman–Crippen MR) is 148 cm³/mol. The minimum atomic E-state index is -1.03. The molecule has 3 aromatic carbocycles. The molecule has 0 amide bonds. The maximum atomic E-state index is 15.1. The van der Waals surface area contributed by atoms with Gasteiger partial charge in [-0.2, -0.15) is 4.39 Å². The standard InChI is InChI=1S/C33H36F4O2/c1-3-5-7-8-20-38-29-19-17-26(31(35)33(29)37)24-13-11-23(12-14-24)25-15-16-27(32(36)30(25)34)28-18-10-22(21-39-28)9-6-4-2/h4,11-17,19,22,28H,2-3,5-10,18,20-21H2,1H3. The van der Waals surface area contributed by atoms with E-state index in [1.165, 1.54) is 12.1 Å². The van der Waals surface area contributed by atoms with Crippen LogP contribution in [0.4, 0.5) is 17.6 Å². The first kappa shape index (κ1) is 28.9. The molecule has 0 spiro atoms. The zero-order chi connectivity index (χ0) is 27.8. The minimum Gasteiger partial charge on any atom is -0.490 e. The topological polar surface area (TPSA) is 18.5 Å². The Morgan fingerprint density at radius 1 is 0.821 bits per heavy atom. The molecule has 0 aromatic heterocycles. The summed E-state index contributed by atoms with van der Waals surface area (Å²) in [6.07, 6.45) is 8.73. The molecule has 6 heteroatoms. The Morgan fingerprint density at radius 2 is 1.49 bits per heavy atom. The normalized spacial score (nSPS) is 17.3. The molecule has 1 aliphatic rings. The fourth-order valence-electron chi connectivity index (χ4n) is 5.07. The van der Waals surface area contributed by atoms with E-state index in [2.05, 4.69) is 13.5 Å². The smallest absolute Gasteiger partial charge is 0.201 e. The Bertz CT molecular complexity index is 1250. The lowest BCUT2D eigenvalue weighted by Crippen LogP contribution is -2.21. The van der Waals surface area contributed by atoms with Crippen LogP contribution in [0.1, 0.15) is 70.0 Å². The molecule has 4 rings (SSSR count). The van der Waals surface area contributed by atoms with Crippen molar-refractivity contribution in [2.45, 2.75) is 64.4 Å². The second kappa shape index (κ2) is 13.8. The third-order valence-electron chi connectivity index (χ3n) is 7.42. The maximum Gasteiger partial charge on any atom is 0.201 e. The third-order valence-corrected chi connectivity index (χ3v) is 7.42. The van der Waals surface area contributed by atoms with Crippen molar-refractivity contribution in [1.29, 1.82) is 0 Å². The summed E-state index contributed by atoms with van der Waals surface area (Å²) >= 11 is 0. The Labute approximate surface area is 228 Å². The zero-order valence-electron chi connectivity index (χ0n) is 22.5. The summed E-state index contributed by atoms with van der Waals surface area (Å²) in [5, 5.41) is 0. The molecule has 0 N–H and O–H groups in total. The van der Waals surface area contributed by atoms with Crippen molar-refractivity contribution in [3.05, 3.63) is 90.0 Å². The van der Waals surface area contributed by atoms with Gasteiger partial charge in [-0.05, 0) is 61.3 Å². The molecular weight excluding hydrogens is 504 g/mol. The quantitative estimate of drug-likeness (QED) is 0.129. The molecule has 39 heavy (non-hydrogen) atoms. The van der Waals surface area contributed by atoms with Crippen LogP contribution in [-0.4, -0.2) is 13.2 Å². The average molecular weight is 541 g/mol. The van der Waals surface area contributed by atoms with E-state index in [-0.39, 0.29) is 22.4 Å². The first-order valence-corrected chi connectivity index (χ1v) is 13.9. The molecule has 0 radical (unpaired) electrons. The molecule has 1 fully saturated rings. The van der Waals surface area contributed by atoms with Gasteiger partial charge in [0.05, 0.1) is 19.3 Å². The number of benzene rings is 3. The van der Waals surface area contributed by atoms with Gasteiger partial charge in [-0.25, -0.2) is 13.2 Å². The average Bonchev–Trinajstić information content (AvgIpc) is 2.96. The van der Waals surface area contributed by atoms with Gasteiger partial charge in [0.1, 0.15) is 0 Å². The van der Waals surface area contributed by atoms with Crippen LogP contribution in [0.5, 0.6) is 5.75 Å². The van der Waals surface area contributed by atoms with Gasteiger partial charge in [-0.3, -0.25) is 0 Å². The summed E-state index contributed by atoms with van der Waals surface area (Å²) in [6.45, 7) is 6.68. The van der Waals surface area contributed by atoms with E-state index in [1.54, 1.807) is 36.4 Å². The first-order valence-electron chi connectivity index (χ1n) is 13.9. The number of halogens is 4. The van der Waals surface area contributed by atoms with Crippen LogP contribution in [0.2, 0.25) is 0 Å². The summed E-state index contributed by atoms with van der Waals surface area (Å²) in [5.41, 5.74) is 1.24. The number of hydrogen-bond acceptors (Lipinski definition) is 2. The highest BCUT2D eigenvalue weighted by Gasteiger charge is 2.27. The Kier molecular flexibility index (Phi) is 10.2. The van der Waals surface area contributed by atoms with E-state index in [9.17, 15) is 8.78 Å². The van der Waals surface area contributed by atoms with Crippen LogP contribution in [0.3, 0.4) is 0 Å². The summed E-state index contributed by atoms with van der Waals surface area (Å²) in [6, 6.07) is 12.3. The minimum absolute atomic E-state index is 0.0697. The van der Waals surface area contributed by atoms with Crippen LogP contribution < -0.4 is 4.74 Å². The molecule has 1 aliphatic heterocycles.